The normalized spacial score (nSPS) is 20.5. The minimum absolute atomic E-state index is 0. The minimum Gasteiger partial charge on any atom is -0.403 e. The molecule has 2 aromatic rings. The Kier molecular flexibility index (Phi) is 3.53. The molecule has 1 saturated heterocycles. The third-order valence-corrected chi connectivity index (χ3v) is 8.73. The highest BCUT2D eigenvalue weighted by atomic mass is 28.4. The number of benzene rings is 2. The van der Waals surface area contributed by atoms with Gasteiger partial charge < -0.3 is 4.43 Å². The molecule has 0 atom stereocenters. The molecule has 0 bridgehead atoms. The Labute approximate surface area is 124 Å². The highest BCUT2D eigenvalue weighted by molar-refractivity contribution is 6.97. The van der Waals surface area contributed by atoms with Crippen LogP contribution >= 0.6 is 0 Å². The van der Waals surface area contributed by atoms with Crippen LogP contribution in [0.3, 0.4) is 0 Å². The van der Waals surface area contributed by atoms with Gasteiger partial charge in [0.25, 0.3) is 8.32 Å². The Morgan fingerprint density at radius 2 is 1.40 bits per heavy atom. The van der Waals surface area contributed by atoms with Crippen LogP contribution in [0.25, 0.3) is 0 Å². The first kappa shape index (κ1) is 13.6. The highest BCUT2D eigenvalue weighted by Crippen LogP contribution is 2.32. The number of hydrogen-bond donors (Lipinski definition) is 0. The Morgan fingerprint density at radius 1 is 0.900 bits per heavy atom. The minimum atomic E-state index is -2.07. The molecule has 0 spiro atoms. The molecule has 1 aliphatic rings. The molecule has 1 fully saturated rings. The van der Waals surface area contributed by atoms with E-state index in [1.165, 1.54) is 22.8 Å². The summed E-state index contributed by atoms with van der Waals surface area (Å²) in [5.41, 5.74) is -0.0177. The van der Waals surface area contributed by atoms with Crippen molar-refractivity contribution in [3.05, 3.63) is 60.7 Å². The summed E-state index contributed by atoms with van der Waals surface area (Å²) in [6.07, 6.45) is 2.41. The Morgan fingerprint density at radius 3 is 1.85 bits per heavy atom. The molecule has 2 aromatic carbocycles. The zero-order chi connectivity index (χ0) is 14.1. The van der Waals surface area contributed by atoms with Crippen molar-refractivity contribution in [1.82, 2.24) is 0 Å². The van der Waals surface area contributed by atoms with Crippen molar-refractivity contribution in [2.24, 2.45) is 0 Å². The summed E-state index contributed by atoms with van der Waals surface area (Å²) in [6, 6.07) is 22.9. The largest absolute Gasteiger partial charge is 0.403 e. The van der Waals surface area contributed by atoms with Gasteiger partial charge in [0.15, 0.2) is 0 Å². The van der Waals surface area contributed by atoms with E-state index in [0.717, 1.165) is 6.42 Å². The fourth-order valence-electron chi connectivity index (χ4n) is 3.32. The number of hydrogen-bond acceptors (Lipinski definition) is 1. The van der Waals surface area contributed by atoms with Crippen molar-refractivity contribution in [2.45, 2.75) is 38.3 Å². The van der Waals surface area contributed by atoms with E-state index in [2.05, 4.69) is 74.5 Å². The predicted molar refractivity (Wildman–Crippen MR) is 89.2 cm³/mol. The maximum atomic E-state index is 6.77. The van der Waals surface area contributed by atoms with Gasteiger partial charge in [-0.05, 0) is 36.7 Å². The van der Waals surface area contributed by atoms with Crippen LogP contribution in [-0.2, 0) is 4.43 Å². The molecule has 0 N–H and O–H groups in total. The van der Waals surface area contributed by atoms with E-state index < -0.39 is 8.32 Å². The Balaban J connectivity index is 0.00000161. The van der Waals surface area contributed by atoms with E-state index in [9.17, 15) is 0 Å². The van der Waals surface area contributed by atoms with E-state index in [1.807, 2.05) is 0 Å². The molecule has 1 aliphatic heterocycles. The van der Waals surface area contributed by atoms with Crippen molar-refractivity contribution in [2.75, 3.05) is 0 Å². The van der Waals surface area contributed by atoms with Crippen molar-refractivity contribution in [3.8, 4) is 0 Å². The molecule has 3 rings (SSSR count). The van der Waals surface area contributed by atoms with E-state index in [-0.39, 0.29) is 7.03 Å². The van der Waals surface area contributed by atoms with Gasteiger partial charge in [-0.3, -0.25) is 0 Å². The van der Waals surface area contributed by atoms with Crippen LogP contribution in [0.1, 0.15) is 28.1 Å². The first-order valence-corrected chi connectivity index (χ1v) is 9.55. The van der Waals surface area contributed by atoms with Crippen LogP contribution in [0.4, 0.5) is 0 Å². The fourth-order valence-corrected chi connectivity index (χ4v) is 7.76. The van der Waals surface area contributed by atoms with E-state index >= 15 is 0 Å². The molecule has 1 nitrogen and oxygen atoms in total. The van der Waals surface area contributed by atoms with Crippen LogP contribution in [-0.4, -0.2) is 13.9 Å². The quantitative estimate of drug-likeness (QED) is 0.766. The lowest BCUT2D eigenvalue weighted by Gasteiger charge is -2.44. The summed E-state index contributed by atoms with van der Waals surface area (Å²) in [5, 5.41) is 2.80. The molecule has 0 radical (unpaired) electrons. The lowest BCUT2D eigenvalue weighted by atomic mass is 10.0. The molecular weight excluding hydrogens is 260 g/mol. The van der Waals surface area contributed by atoms with Crippen LogP contribution in [0.5, 0.6) is 0 Å². The van der Waals surface area contributed by atoms with Crippen molar-refractivity contribution < 1.29 is 5.85 Å². The first-order valence-electron chi connectivity index (χ1n) is 7.44. The Bertz CT molecular complexity index is 529. The molecule has 0 aromatic heterocycles. The molecule has 20 heavy (non-hydrogen) atoms. The first-order chi connectivity index (χ1) is 9.62. The summed E-state index contributed by atoms with van der Waals surface area (Å²) in [5.74, 6) is 0. The van der Waals surface area contributed by atoms with Gasteiger partial charge in [0, 0.05) is 1.43 Å². The highest BCUT2D eigenvalue weighted by Gasteiger charge is 2.46. The molecule has 0 aliphatic carbocycles. The van der Waals surface area contributed by atoms with Gasteiger partial charge in [0.1, 0.15) is 0 Å². The van der Waals surface area contributed by atoms with E-state index in [1.54, 1.807) is 0 Å². The second-order valence-corrected chi connectivity index (χ2v) is 9.79. The second-order valence-electron chi connectivity index (χ2n) is 6.27. The average Bonchev–Trinajstić information content (AvgIpc) is 2.48. The summed E-state index contributed by atoms with van der Waals surface area (Å²) in [4.78, 5) is 0. The third kappa shape index (κ3) is 2.46. The average molecular weight is 284 g/mol. The lowest BCUT2D eigenvalue weighted by molar-refractivity contribution is 0.0774. The fraction of sp³-hybridized carbons (Fsp3) is 0.333. The number of rotatable bonds is 2. The maximum absolute atomic E-state index is 6.77. The van der Waals surface area contributed by atoms with Crippen LogP contribution in [0.15, 0.2) is 60.7 Å². The van der Waals surface area contributed by atoms with Gasteiger partial charge >= 0.3 is 0 Å². The molecule has 0 amide bonds. The van der Waals surface area contributed by atoms with Crippen molar-refractivity contribution in [3.63, 3.8) is 0 Å². The third-order valence-electron chi connectivity index (χ3n) is 4.24. The molecule has 2 heteroatoms. The summed E-state index contributed by atoms with van der Waals surface area (Å²) in [6.45, 7) is 4.47. The van der Waals surface area contributed by atoms with Gasteiger partial charge in [-0.15, -0.1) is 0 Å². The van der Waals surface area contributed by atoms with E-state index in [4.69, 9.17) is 4.43 Å². The summed E-state index contributed by atoms with van der Waals surface area (Å²) < 4.78 is 6.77. The zero-order valence-corrected chi connectivity index (χ0v) is 13.3. The van der Waals surface area contributed by atoms with Gasteiger partial charge in [-0.25, -0.2) is 0 Å². The topological polar surface area (TPSA) is 9.23 Å². The molecular formula is C18H24OSi. The van der Waals surface area contributed by atoms with Crippen LogP contribution in [0.2, 0.25) is 6.04 Å². The van der Waals surface area contributed by atoms with Crippen LogP contribution < -0.4 is 10.4 Å². The van der Waals surface area contributed by atoms with Crippen molar-refractivity contribution >= 4 is 18.7 Å². The Hall–Kier alpha value is -1.38. The molecule has 0 saturated carbocycles. The van der Waals surface area contributed by atoms with Gasteiger partial charge in [0.05, 0.1) is 5.60 Å². The molecule has 106 valence electrons. The van der Waals surface area contributed by atoms with E-state index in [0.29, 0.717) is 0 Å². The summed E-state index contributed by atoms with van der Waals surface area (Å²) in [7, 11) is -2.07. The SMILES string of the molecule is CC1(C)CCC[Si](c2ccccc2)(c2ccccc2)O1.[HH]. The predicted octanol–water partition coefficient (Wildman–Crippen LogP) is 3.58. The maximum Gasteiger partial charge on any atom is 0.256 e. The zero-order valence-electron chi connectivity index (χ0n) is 12.3. The smallest absolute Gasteiger partial charge is 0.256 e. The monoisotopic (exact) mass is 284 g/mol. The second kappa shape index (κ2) is 5.19. The van der Waals surface area contributed by atoms with Gasteiger partial charge in [-0.1, -0.05) is 67.1 Å². The van der Waals surface area contributed by atoms with Crippen molar-refractivity contribution in [1.29, 1.82) is 0 Å². The van der Waals surface area contributed by atoms with Crippen LogP contribution in [0, 0.1) is 0 Å². The molecule has 1 heterocycles. The van der Waals surface area contributed by atoms with Gasteiger partial charge in [-0.2, -0.15) is 0 Å². The molecule has 0 unspecified atom stereocenters. The standard InChI is InChI=1S/C18H22OSi.H2/c1-18(2)14-9-15-20(19-18,16-10-5-3-6-11-16)17-12-7-4-8-13-17;/h3-8,10-13H,9,14-15H2,1-2H3;1H. The lowest BCUT2D eigenvalue weighted by Crippen LogP contribution is -2.65. The van der Waals surface area contributed by atoms with Gasteiger partial charge in [0.2, 0.25) is 0 Å². The summed E-state index contributed by atoms with van der Waals surface area (Å²) >= 11 is 0.